The fraction of sp³-hybridized carbons (Fsp3) is 0.211. The summed E-state index contributed by atoms with van der Waals surface area (Å²) in [6.45, 7) is 3.01. The van der Waals surface area contributed by atoms with Gasteiger partial charge in [-0.25, -0.2) is 4.98 Å². The van der Waals surface area contributed by atoms with Crippen molar-refractivity contribution in [3.63, 3.8) is 0 Å². The number of nitriles is 1. The van der Waals surface area contributed by atoms with E-state index in [2.05, 4.69) is 22.5 Å². The topological polar surface area (TPSA) is 58.7 Å². The van der Waals surface area contributed by atoms with E-state index < -0.39 is 0 Å². The second-order valence-electron chi connectivity index (χ2n) is 5.43. The normalized spacial score (nSPS) is 10.7. The van der Waals surface area contributed by atoms with E-state index in [1.165, 1.54) is 11.8 Å². The first-order valence-electron chi connectivity index (χ1n) is 7.83. The molecule has 1 aromatic carbocycles. The number of nitrogens with zero attached hydrogens (tertiary/aromatic N) is 3. The molecule has 0 unspecified atom stereocenters. The average molecular weight is 335 g/mol. The van der Waals surface area contributed by atoms with Crippen molar-refractivity contribution in [3.8, 4) is 6.07 Å². The number of pyridine rings is 1. The second-order valence-corrected chi connectivity index (χ2v) is 6.40. The Morgan fingerprint density at radius 1 is 1.29 bits per heavy atom. The molecule has 24 heavy (non-hydrogen) atoms. The number of carbonyl (C=O) groups is 1. The first-order valence-corrected chi connectivity index (χ1v) is 8.82. The van der Waals surface area contributed by atoms with Gasteiger partial charge >= 0.3 is 0 Å². The molecule has 0 radical (unpaired) electrons. The smallest absolute Gasteiger partial charge is 0.175 e. The molecule has 2 heterocycles. The maximum absolute atomic E-state index is 12.7. The van der Waals surface area contributed by atoms with E-state index in [4.69, 9.17) is 5.26 Å². The lowest BCUT2D eigenvalue weighted by molar-refractivity contribution is 0.102. The van der Waals surface area contributed by atoms with Crippen LogP contribution in [0, 0.1) is 11.3 Å². The molecular formula is C19H17N3OS. The summed E-state index contributed by atoms with van der Waals surface area (Å²) in [5.41, 5.74) is 2.33. The molecule has 3 rings (SSSR count). The van der Waals surface area contributed by atoms with Crippen LogP contribution in [0.5, 0.6) is 0 Å². The maximum atomic E-state index is 12.7. The third-order valence-electron chi connectivity index (χ3n) is 3.79. The first-order chi connectivity index (χ1) is 11.7. The summed E-state index contributed by atoms with van der Waals surface area (Å²) in [5.74, 6) is 0.326. The summed E-state index contributed by atoms with van der Waals surface area (Å²) in [6, 6.07) is 13.5. The molecule has 0 atom stereocenters. The Labute approximate surface area is 145 Å². The van der Waals surface area contributed by atoms with Crippen LogP contribution < -0.4 is 0 Å². The summed E-state index contributed by atoms with van der Waals surface area (Å²) in [6.07, 6.45) is 4.60. The van der Waals surface area contributed by atoms with E-state index in [-0.39, 0.29) is 11.5 Å². The van der Waals surface area contributed by atoms with Crippen molar-refractivity contribution in [2.24, 2.45) is 0 Å². The Bertz CT molecular complexity index is 924. The number of hydrogen-bond donors (Lipinski definition) is 0. The van der Waals surface area contributed by atoms with E-state index in [9.17, 15) is 4.79 Å². The highest BCUT2D eigenvalue weighted by Crippen LogP contribution is 2.25. The second kappa shape index (κ2) is 7.33. The van der Waals surface area contributed by atoms with Crippen LogP contribution in [0.4, 0.5) is 0 Å². The number of carbonyl (C=O) groups excluding carboxylic acids is 1. The average Bonchev–Trinajstić information content (AvgIpc) is 2.99. The van der Waals surface area contributed by atoms with Gasteiger partial charge in [-0.1, -0.05) is 36.9 Å². The van der Waals surface area contributed by atoms with Gasteiger partial charge in [-0.2, -0.15) is 5.26 Å². The van der Waals surface area contributed by atoms with Gasteiger partial charge in [0.15, 0.2) is 5.78 Å². The van der Waals surface area contributed by atoms with Gasteiger partial charge in [0.1, 0.15) is 11.1 Å². The lowest BCUT2D eigenvalue weighted by atomic mass is 10.1. The van der Waals surface area contributed by atoms with E-state index in [0.717, 1.165) is 29.4 Å². The largest absolute Gasteiger partial charge is 0.347 e. The number of benzene rings is 1. The highest BCUT2D eigenvalue weighted by Gasteiger charge is 2.16. The first kappa shape index (κ1) is 16.3. The summed E-state index contributed by atoms with van der Waals surface area (Å²) < 4.78 is 2.13. The van der Waals surface area contributed by atoms with Crippen LogP contribution >= 0.6 is 11.8 Å². The number of aryl methyl sites for hydroxylation is 1. The minimum absolute atomic E-state index is 0.0561. The van der Waals surface area contributed by atoms with Crippen molar-refractivity contribution in [1.82, 2.24) is 9.55 Å². The van der Waals surface area contributed by atoms with Gasteiger partial charge in [0, 0.05) is 35.4 Å². The van der Waals surface area contributed by atoms with Crippen LogP contribution in [0.2, 0.25) is 0 Å². The standard InChI is InChI=1S/C19H17N3OS/c1-2-10-22-12-16(15-7-3-4-8-17(15)22)18(23)13-24-19-14(11-20)6-5-9-21-19/h3-9,12H,2,10,13H2,1H3. The number of Topliss-reactive ketones (excluding diaryl/α,β-unsaturated/α-hetero) is 1. The highest BCUT2D eigenvalue weighted by molar-refractivity contribution is 8.00. The quantitative estimate of drug-likeness (QED) is 0.498. The fourth-order valence-corrected chi connectivity index (χ4v) is 3.53. The van der Waals surface area contributed by atoms with Gasteiger partial charge in [-0.3, -0.25) is 4.79 Å². The molecule has 0 saturated carbocycles. The van der Waals surface area contributed by atoms with Gasteiger partial charge < -0.3 is 4.57 Å². The summed E-state index contributed by atoms with van der Waals surface area (Å²) in [4.78, 5) is 16.9. The lowest BCUT2D eigenvalue weighted by Crippen LogP contribution is -2.03. The van der Waals surface area contributed by atoms with Crippen molar-refractivity contribution in [2.45, 2.75) is 24.9 Å². The van der Waals surface area contributed by atoms with Gasteiger partial charge in [0.25, 0.3) is 0 Å². The number of ketones is 1. The molecule has 0 fully saturated rings. The van der Waals surface area contributed by atoms with Crippen LogP contribution in [0.3, 0.4) is 0 Å². The third kappa shape index (κ3) is 3.19. The molecule has 5 heteroatoms. The van der Waals surface area contributed by atoms with Gasteiger partial charge in [-0.15, -0.1) is 0 Å². The van der Waals surface area contributed by atoms with Gasteiger partial charge in [0.2, 0.25) is 0 Å². The lowest BCUT2D eigenvalue weighted by Gasteiger charge is -2.02. The van der Waals surface area contributed by atoms with Crippen LogP contribution in [0.1, 0.15) is 29.3 Å². The molecule has 0 bridgehead atoms. The van der Waals surface area contributed by atoms with E-state index >= 15 is 0 Å². The van der Waals surface area contributed by atoms with Crippen molar-refractivity contribution in [3.05, 3.63) is 59.9 Å². The molecule has 0 saturated heterocycles. The SMILES string of the molecule is CCCn1cc(C(=O)CSc2ncccc2C#N)c2ccccc21. The van der Waals surface area contributed by atoms with E-state index in [1.54, 1.807) is 18.3 Å². The Kier molecular flexibility index (Phi) is 4.97. The number of para-hydroxylation sites is 1. The molecule has 3 aromatic rings. The van der Waals surface area contributed by atoms with Gasteiger partial charge in [-0.05, 0) is 24.6 Å². The Morgan fingerprint density at radius 3 is 2.92 bits per heavy atom. The summed E-state index contributed by atoms with van der Waals surface area (Å²) in [7, 11) is 0. The van der Waals surface area contributed by atoms with Crippen molar-refractivity contribution in [2.75, 3.05) is 5.75 Å². The molecule has 120 valence electrons. The molecule has 0 aliphatic carbocycles. The zero-order valence-corrected chi connectivity index (χ0v) is 14.2. The maximum Gasteiger partial charge on any atom is 0.175 e. The Balaban J connectivity index is 1.85. The summed E-state index contributed by atoms with van der Waals surface area (Å²) >= 11 is 1.31. The molecule has 0 N–H and O–H groups in total. The fourth-order valence-electron chi connectivity index (χ4n) is 2.70. The molecule has 0 spiro atoms. The molecule has 0 aliphatic heterocycles. The predicted octanol–water partition coefficient (Wildman–Crippen LogP) is 4.29. The molecule has 0 aliphatic rings. The number of hydrogen-bond acceptors (Lipinski definition) is 4. The van der Waals surface area contributed by atoms with Crippen LogP contribution in [-0.4, -0.2) is 21.1 Å². The minimum atomic E-state index is 0.0561. The van der Waals surface area contributed by atoms with Crippen molar-refractivity contribution in [1.29, 1.82) is 5.26 Å². The van der Waals surface area contributed by atoms with E-state index in [0.29, 0.717) is 10.6 Å². The number of rotatable bonds is 6. The van der Waals surface area contributed by atoms with Gasteiger partial charge in [0.05, 0.1) is 11.3 Å². The number of thioether (sulfide) groups is 1. The monoisotopic (exact) mass is 335 g/mol. The molecule has 4 nitrogen and oxygen atoms in total. The molecular weight excluding hydrogens is 318 g/mol. The van der Waals surface area contributed by atoms with Crippen molar-refractivity contribution >= 4 is 28.4 Å². The Hall–Kier alpha value is -2.58. The predicted molar refractivity (Wildman–Crippen MR) is 96.2 cm³/mol. The number of fused-ring (bicyclic) bond motifs is 1. The van der Waals surface area contributed by atoms with Crippen LogP contribution in [-0.2, 0) is 6.54 Å². The van der Waals surface area contributed by atoms with E-state index in [1.807, 2.05) is 30.5 Å². The highest BCUT2D eigenvalue weighted by atomic mass is 32.2. The number of aromatic nitrogens is 2. The third-order valence-corrected chi connectivity index (χ3v) is 4.79. The van der Waals surface area contributed by atoms with Crippen LogP contribution in [0.15, 0.2) is 53.8 Å². The molecule has 0 amide bonds. The molecule has 2 aromatic heterocycles. The minimum Gasteiger partial charge on any atom is -0.347 e. The van der Waals surface area contributed by atoms with Crippen molar-refractivity contribution < 1.29 is 4.79 Å². The summed E-state index contributed by atoms with van der Waals surface area (Å²) in [5, 5.41) is 10.7. The zero-order valence-electron chi connectivity index (χ0n) is 13.4. The Morgan fingerprint density at radius 2 is 2.12 bits per heavy atom. The van der Waals surface area contributed by atoms with Crippen LogP contribution in [0.25, 0.3) is 10.9 Å². The zero-order chi connectivity index (χ0) is 16.9.